The van der Waals surface area contributed by atoms with E-state index in [9.17, 15) is 19.2 Å². The molecule has 6 aliphatic heterocycles. The van der Waals surface area contributed by atoms with E-state index in [4.69, 9.17) is 9.97 Å². The zero-order valence-corrected chi connectivity index (χ0v) is 44.1. The van der Waals surface area contributed by atoms with Gasteiger partial charge in [-0.3, -0.25) is 34.3 Å². The lowest BCUT2D eigenvalue weighted by molar-refractivity contribution is -0.150. The van der Waals surface area contributed by atoms with Crippen LogP contribution in [0.2, 0.25) is 0 Å². The average Bonchev–Trinajstić information content (AvgIpc) is 4.18. The van der Waals surface area contributed by atoms with Crippen LogP contribution in [-0.4, -0.2) is 128 Å². The van der Waals surface area contributed by atoms with Gasteiger partial charge in [0.2, 0.25) is 29.5 Å². The molecule has 1 aliphatic carbocycles. The summed E-state index contributed by atoms with van der Waals surface area (Å²) in [5.74, 6) is -0.418. The number of halogens is 1. The molecule has 2 N–H and O–H groups in total. The van der Waals surface area contributed by atoms with Gasteiger partial charge in [-0.25, -0.2) is 14.4 Å². The first-order valence-electron chi connectivity index (χ1n) is 28.0. The molecule has 5 aromatic rings. The number of pyridine rings is 2. The number of carbonyl (C=O) groups excluding carboxylic acids is 5. The van der Waals surface area contributed by atoms with Crippen molar-refractivity contribution in [3.8, 4) is 11.3 Å². The molecule has 5 saturated heterocycles. The number of anilines is 4. The fourth-order valence-corrected chi connectivity index (χ4v) is 13.7. The third-order valence-corrected chi connectivity index (χ3v) is 18.5. The van der Waals surface area contributed by atoms with E-state index in [0.717, 1.165) is 91.0 Å². The first kappa shape index (κ1) is 50.1. The van der Waals surface area contributed by atoms with E-state index >= 15 is 9.18 Å². The van der Waals surface area contributed by atoms with Crippen LogP contribution in [0.5, 0.6) is 0 Å². The van der Waals surface area contributed by atoms with Crippen molar-refractivity contribution in [1.29, 1.82) is 0 Å². The van der Waals surface area contributed by atoms with E-state index in [1.54, 1.807) is 18.6 Å². The smallest absolute Gasteiger partial charge is 0.238 e. The number of piperidine rings is 5. The number of rotatable bonds is 10. The Balaban J connectivity index is 0.722. The van der Waals surface area contributed by atoms with Crippen molar-refractivity contribution in [2.75, 3.05) is 67.5 Å². The minimum absolute atomic E-state index is 0.0667. The largest absolute Gasteiger partial charge is 0.371 e. The summed E-state index contributed by atoms with van der Waals surface area (Å²) in [4.78, 5) is 92.9. The number of fused-ring (bicyclic) bond motifs is 3. The SMILES string of the molecule is CC(C)n1cnc2cc(-c3ccc4c(c3)N(C3CC(N5CCCCC5)C3)C(=O)C43CCN(C(=O)C4(C)CCN(C(=O)C5CCN(c6ccc([C@H]7CCC(=O)NC7=O)cc6)CC5)CC4)CC3)nc(Nc3ccncc3F)c21. The summed E-state index contributed by atoms with van der Waals surface area (Å²) in [5, 5.41) is 5.70. The molecule has 1 atom stereocenters. The van der Waals surface area contributed by atoms with Gasteiger partial charge in [0, 0.05) is 98.3 Å². The quantitative estimate of drug-likeness (QED) is 0.129. The van der Waals surface area contributed by atoms with Crippen LogP contribution in [0.1, 0.15) is 127 Å². The molecular weight excluding hydrogens is 962 g/mol. The molecule has 1 saturated carbocycles. The maximum absolute atomic E-state index is 15.4. The molecule has 398 valence electrons. The lowest BCUT2D eigenvalue weighted by Crippen LogP contribution is -2.59. The number of hydrogen-bond acceptors (Lipinski definition) is 11. The molecule has 9 heterocycles. The van der Waals surface area contributed by atoms with Crippen molar-refractivity contribution in [1.82, 2.24) is 39.5 Å². The van der Waals surface area contributed by atoms with Crippen molar-refractivity contribution in [2.24, 2.45) is 11.3 Å². The molecule has 1 spiro atoms. The Hall–Kier alpha value is -6.75. The molecule has 12 rings (SSSR count). The van der Waals surface area contributed by atoms with E-state index in [-0.39, 0.29) is 59.1 Å². The molecule has 7 aliphatic rings. The van der Waals surface area contributed by atoms with Crippen LogP contribution in [-0.2, 0) is 29.4 Å². The highest BCUT2D eigenvalue weighted by atomic mass is 19.1. The molecule has 0 radical (unpaired) electrons. The van der Waals surface area contributed by atoms with Gasteiger partial charge in [-0.15, -0.1) is 0 Å². The minimum atomic E-state index is -0.759. The van der Waals surface area contributed by atoms with Gasteiger partial charge >= 0.3 is 0 Å². The zero-order chi connectivity index (χ0) is 52.5. The van der Waals surface area contributed by atoms with Crippen LogP contribution < -0.4 is 20.4 Å². The first-order valence-corrected chi connectivity index (χ1v) is 28.0. The standard InChI is InChI=1S/C59H70FN11O5/c1-37(2)70-36-62-49-34-48(64-53(52(49)70)63-47-15-22-61-35-46(47)60)40-9-13-45-50(31-40)71(43-32-42(33-43)66-23-5-4-6-24-66)57(76)59(45)20-29-69(30-21-59)56(75)58(3)18-27-68(28-19-58)55(74)39-16-25-67(26-17-39)41-10-7-38(8-11-41)44-12-14-51(72)65-54(44)73/h7-11,13,15,22,31,34-37,39,42-44H,4-6,12,14,16-21,23-30,32-33H2,1-3H3,(H,61,63,64)(H,65,72,73)/t42?,43?,44-/m1/s1. The second-order valence-electron chi connectivity index (χ2n) is 23.3. The number of amides is 5. The summed E-state index contributed by atoms with van der Waals surface area (Å²) in [6.45, 7) is 12.0. The van der Waals surface area contributed by atoms with Gasteiger partial charge in [0.1, 0.15) is 5.52 Å². The van der Waals surface area contributed by atoms with Gasteiger partial charge < -0.3 is 34.4 Å². The third kappa shape index (κ3) is 8.98. The van der Waals surface area contributed by atoms with Crippen LogP contribution in [0, 0.1) is 17.2 Å². The fourth-order valence-electron chi connectivity index (χ4n) is 13.7. The van der Waals surface area contributed by atoms with Gasteiger partial charge in [0.15, 0.2) is 11.6 Å². The van der Waals surface area contributed by atoms with Crippen LogP contribution in [0.15, 0.2) is 73.3 Å². The van der Waals surface area contributed by atoms with E-state index in [2.05, 4.69) is 69.3 Å². The van der Waals surface area contributed by atoms with Crippen molar-refractivity contribution in [3.05, 3.63) is 90.3 Å². The number of likely N-dealkylation sites (tertiary alicyclic amines) is 3. The Labute approximate surface area is 443 Å². The van der Waals surface area contributed by atoms with Gasteiger partial charge in [0.25, 0.3) is 0 Å². The maximum atomic E-state index is 15.4. The number of hydrogen-bond donors (Lipinski definition) is 2. The molecule has 6 fully saturated rings. The highest BCUT2D eigenvalue weighted by Crippen LogP contribution is 2.53. The molecule has 17 heteroatoms. The Morgan fingerprint density at radius 2 is 1.54 bits per heavy atom. The Bertz CT molecular complexity index is 3070. The number of aromatic nitrogens is 4. The second-order valence-corrected chi connectivity index (χ2v) is 23.3. The number of carbonyl (C=O) groups is 5. The topological polar surface area (TPSA) is 169 Å². The first-order chi connectivity index (χ1) is 36.8. The summed E-state index contributed by atoms with van der Waals surface area (Å²) in [6.07, 6.45) is 14.7. The highest BCUT2D eigenvalue weighted by molar-refractivity contribution is 6.10. The monoisotopic (exact) mass is 1030 g/mol. The van der Waals surface area contributed by atoms with Crippen LogP contribution >= 0.6 is 0 Å². The predicted octanol–water partition coefficient (Wildman–Crippen LogP) is 8.25. The minimum Gasteiger partial charge on any atom is -0.371 e. The number of benzene rings is 2. The lowest BCUT2D eigenvalue weighted by Gasteiger charge is -2.48. The molecule has 2 aromatic carbocycles. The normalized spacial score (nSPS) is 24.0. The summed E-state index contributed by atoms with van der Waals surface area (Å²) in [7, 11) is 0. The average molecular weight is 1030 g/mol. The van der Waals surface area contributed by atoms with Crippen LogP contribution in [0.25, 0.3) is 22.3 Å². The van der Waals surface area contributed by atoms with Gasteiger partial charge in [-0.1, -0.05) is 37.6 Å². The number of imidazole rings is 1. The van der Waals surface area contributed by atoms with Crippen molar-refractivity contribution in [3.63, 3.8) is 0 Å². The second kappa shape index (κ2) is 20.0. The Morgan fingerprint density at radius 3 is 2.24 bits per heavy atom. The molecule has 16 nitrogen and oxygen atoms in total. The number of nitrogens with one attached hydrogen (secondary N) is 2. The molecule has 76 heavy (non-hydrogen) atoms. The third-order valence-electron chi connectivity index (χ3n) is 18.5. The maximum Gasteiger partial charge on any atom is 0.238 e. The predicted molar refractivity (Wildman–Crippen MR) is 288 cm³/mol. The molecule has 0 unspecified atom stereocenters. The fraction of sp³-hybridized carbons (Fsp3) is 0.525. The Kier molecular flexibility index (Phi) is 13.2. The molecule has 5 amide bonds. The summed E-state index contributed by atoms with van der Waals surface area (Å²) in [5.41, 5.74) is 5.80. The molecule has 0 bridgehead atoms. The number of imide groups is 1. The van der Waals surface area contributed by atoms with E-state index in [0.29, 0.717) is 82.3 Å². The molecular formula is C59H70FN11O5. The van der Waals surface area contributed by atoms with Crippen molar-refractivity contribution < 1.29 is 28.4 Å². The van der Waals surface area contributed by atoms with Crippen molar-refractivity contribution in [2.45, 2.75) is 134 Å². The lowest BCUT2D eigenvalue weighted by atomic mass is 9.72. The van der Waals surface area contributed by atoms with E-state index < -0.39 is 16.6 Å². The Morgan fingerprint density at radius 1 is 0.816 bits per heavy atom. The van der Waals surface area contributed by atoms with Crippen molar-refractivity contribution >= 4 is 63.4 Å². The summed E-state index contributed by atoms with van der Waals surface area (Å²) in [6, 6.07) is 18.5. The van der Waals surface area contributed by atoms with Gasteiger partial charge in [-0.05, 0) is 139 Å². The molecule has 3 aromatic heterocycles. The highest BCUT2D eigenvalue weighted by Gasteiger charge is 2.56. The van der Waals surface area contributed by atoms with Crippen LogP contribution in [0.3, 0.4) is 0 Å². The zero-order valence-electron chi connectivity index (χ0n) is 44.1. The number of nitrogens with zero attached hydrogens (tertiary/aromatic N) is 9. The van der Waals surface area contributed by atoms with Gasteiger partial charge in [0.05, 0.1) is 40.8 Å². The van der Waals surface area contributed by atoms with E-state index in [1.165, 1.54) is 25.5 Å². The summed E-state index contributed by atoms with van der Waals surface area (Å²) >= 11 is 0. The summed E-state index contributed by atoms with van der Waals surface area (Å²) < 4.78 is 17.1. The van der Waals surface area contributed by atoms with E-state index in [1.807, 2.05) is 44.7 Å². The van der Waals surface area contributed by atoms with Crippen LogP contribution in [0.4, 0.5) is 27.3 Å². The van der Waals surface area contributed by atoms with Gasteiger partial charge in [-0.2, -0.15) is 0 Å².